The van der Waals surface area contributed by atoms with Crippen LogP contribution in [-0.4, -0.2) is 12.6 Å². The highest BCUT2D eigenvalue weighted by Crippen LogP contribution is 2.23. The summed E-state index contributed by atoms with van der Waals surface area (Å²) in [5, 5.41) is 0. The van der Waals surface area contributed by atoms with E-state index in [-0.39, 0.29) is 5.97 Å². The highest BCUT2D eigenvalue weighted by atomic mass is 16.5. The minimum absolute atomic E-state index is 0.354. The molecule has 0 N–H and O–H groups in total. The molecule has 0 aromatic heterocycles. The molecule has 3 nitrogen and oxygen atoms in total. The van der Waals surface area contributed by atoms with E-state index in [0.717, 1.165) is 35.5 Å². The summed E-state index contributed by atoms with van der Waals surface area (Å²) in [6.07, 6.45) is 6.17. The Bertz CT molecular complexity index is 910. The Balaban J connectivity index is 1.52. The molecule has 0 heterocycles. The predicted octanol–water partition coefficient (Wildman–Crippen LogP) is 7.23. The van der Waals surface area contributed by atoms with Gasteiger partial charge in [0.15, 0.2) is 0 Å². The van der Waals surface area contributed by atoms with E-state index in [1.165, 1.54) is 25.7 Å². The second-order valence-electron chi connectivity index (χ2n) is 7.57. The topological polar surface area (TPSA) is 35.5 Å². The van der Waals surface area contributed by atoms with Crippen molar-refractivity contribution in [3.8, 4) is 22.6 Å². The highest BCUT2D eigenvalue weighted by molar-refractivity contribution is 5.91. The van der Waals surface area contributed by atoms with Crippen LogP contribution in [0.25, 0.3) is 11.1 Å². The van der Waals surface area contributed by atoms with Gasteiger partial charge < -0.3 is 9.47 Å². The Kier molecular flexibility index (Phi) is 8.08. The number of rotatable bonds is 10. The van der Waals surface area contributed by atoms with Crippen LogP contribution in [0.4, 0.5) is 0 Å². The molecule has 0 fully saturated rings. The van der Waals surface area contributed by atoms with Crippen LogP contribution in [0.3, 0.4) is 0 Å². The maximum absolute atomic E-state index is 12.3. The zero-order valence-electron chi connectivity index (χ0n) is 17.9. The first kappa shape index (κ1) is 21.6. The van der Waals surface area contributed by atoms with Gasteiger partial charge in [0.05, 0.1) is 12.2 Å². The first-order valence-corrected chi connectivity index (χ1v) is 10.8. The number of benzene rings is 3. The average molecular weight is 403 g/mol. The van der Waals surface area contributed by atoms with Crippen molar-refractivity contribution < 1.29 is 14.3 Å². The van der Waals surface area contributed by atoms with Crippen LogP contribution < -0.4 is 9.47 Å². The van der Waals surface area contributed by atoms with E-state index in [1.807, 2.05) is 55.5 Å². The lowest BCUT2D eigenvalue weighted by Gasteiger charge is -2.08. The largest absolute Gasteiger partial charge is 0.494 e. The molecule has 0 saturated heterocycles. The van der Waals surface area contributed by atoms with Crippen LogP contribution in [0.15, 0.2) is 72.8 Å². The summed E-state index contributed by atoms with van der Waals surface area (Å²) in [7, 11) is 0. The minimum atomic E-state index is -0.354. The molecular formula is C27H30O3. The van der Waals surface area contributed by atoms with E-state index in [1.54, 1.807) is 24.3 Å². The van der Waals surface area contributed by atoms with Crippen molar-refractivity contribution in [2.75, 3.05) is 6.61 Å². The van der Waals surface area contributed by atoms with Crippen molar-refractivity contribution in [3.05, 3.63) is 83.9 Å². The normalized spacial score (nSPS) is 10.6. The Morgan fingerprint density at radius 2 is 1.27 bits per heavy atom. The molecular weight excluding hydrogens is 372 g/mol. The number of unbranched alkanes of at least 4 members (excludes halogenated alkanes) is 4. The molecule has 3 rings (SSSR count). The summed E-state index contributed by atoms with van der Waals surface area (Å²) < 4.78 is 11.3. The SMILES string of the molecule is CCCCCCCOc1ccc(-c2ccc(C(=O)Oc3ccc(C)cc3)cc2)cc1. The number of hydrogen-bond acceptors (Lipinski definition) is 3. The van der Waals surface area contributed by atoms with Gasteiger partial charge in [-0.3, -0.25) is 0 Å². The first-order valence-electron chi connectivity index (χ1n) is 10.8. The summed E-state index contributed by atoms with van der Waals surface area (Å²) >= 11 is 0. The van der Waals surface area contributed by atoms with E-state index >= 15 is 0 Å². The Labute approximate surface area is 179 Å². The van der Waals surface area contributed by atoms with Gasteiger partial charge in [-0.05, 0) is 60.9 Å². The van der Waals surface area contributed by atoms with Crippen LogP contribution in [0, 0.1) is 6.92 Å². The number of aryl methyl sites for hydroxylation is 1. The third kappa shape index (κ3) is 6.48. The number of carbonyl (C=O) groups is 1. The van der Waals surface area contributed by atoms with Gasteiger partial charge in [-0.15, -0.1) is 0 Å². The molecule has 0 atom stereocenters. The van der Waals surface area contributed by atoms with Gasteiger partial charge in [0, 0.05) is 0 Å². The lowest BCUT2D eigenvalue weighted by molar-refractivity contribution is 0.0734. The number of carbonyl (C=O) groups excluding carboxylic acids is 1. The van der Waals surface area contributed by atoms with E-state index in [4.69, 9.17) is 9.47 Å². The number of esters is 1. The third-order valence-corrected chi connectivity index (χ3v) is 5.06. The Hall–Kier alpha value is -3.07. The molecule has 0 bridgehead atoms. The van der Waals surface area contributed by atoms with Crippen molar-refractivity contribution in [2.24, 2.45) is 0 Å². The monoisotopic (exact) mass is 402 g/mol. The maximum Gasteiger partial charge on any atom is 0.343 e. The van der Waals surface area contributed by atoms with Gasteiger partial charge in [-0.1, -0.05) is 74.6 Å². The zero-order valence-corrected chi connectivity index (χ0v) is 17.9. The summed E-state index contributed by atoms with van der Waals surface area (Å²) in [6.45, 7) is 4.99. The molecule has 0 spiro atoms. The fourth-order valence-corrected chi connectivity index (χ4v) is 3.21. The fourth-order valence-electron chi connectivity index (χ4n) is 3.21. The van der Waals surface area contributed by atoms with Gasteiger partial charge >= 0.3 is 5.97 Å². The molecule has 156 valence electrons. The predicted molar refractivity (Wildman–Crippen MR) is 122 cm³/mol. The van der Waals surface area contributed by atoms with Gasteiger partial charge in [0.25, 0.3) is 0 Å². The summed E-state index contributed by atoms with van der Waals surface area (Å²) in [5.41, 5.74) is 3.79. The Morgan fingerprint density at radius 3 is 1.90 bits per heavy atom. The molecule has 3 aromatic rings. The third-order valence-electron chi connectivity index (χ3n) is 5.06. The van der Waals surface area contributed by atoms with Crippen LogP contribution in [0.1, 0.15) is 54.9 Å². The van der Waals surface area contributed by atoms with Crippen molar-refractivity contribution >= 4 is 5.97 Å². The number of hydrogen-bond donors (Lipinski definition) is 0. The summed E-state index contributed by atoms with van der Waals surface area (Å²) in [5.74, 6) is 1.09. The molecule has 0 saturated carbocycles. The van der Waals surface area contributed by atoms with E-state index < -0.39 is 0 Å². The van der Waals surface area contributed by atoms with Crippen LogP contribution in [-0.2, 0) is 0 Å². The molecule has 3 aromatic carbocycles. The van der Waals surface area contributed by atoms with E-state index in [9.17, 15) is 4.79 Å². The van der Waals surface area contributed by atoms with Gasteiger partial charge in [0.1, 0.15) is 11.5 Å². The Morgan fingerprint density at radius 1 is 0.700 bits per heavy atom. The lowest BCUT2D eigenvalue weighted by atomic mass is 10.0. The molecule has 0 radical (unpaired) electrons. The van der Waals surface area contributed by atoms with Crippen molar-refractivity contribution in [1.82, 2.24) is 0 Å². The molecule has 0 amide bonds. The minimum Gasteiger partial charge on any atom is -0.494 e. The lowest BCUT2D eigenvalue weighted by Crippen LogP contribution is -2.08. The van der Waals surface area contributed by atoms with Gasteiger partial charge in [0.2, 0.25) is 0 Å². The van der Waals surface area contributed by atoms with Crippen molar-refractivity contribution in [3.63, 3.8) is 0 Å². The molecule has 30 heavy (non-hydrogen) atoms. The average Bonchev–Trinajstić information content (AvgIpc) is 2.78. The summed E-state index contributed by atoms with van der Waals surface area (Å²) in [4.78, 5) is 12.3. The molecule has 0 aliphatic heterocycles. The van der Waals surface area contributed by atoms with Crippen molar-refractivity contribution in [2.45, 2.75) is 46.0 Å². The fraction of sp³-hybridized carbons (Fsp3) is 0.296. The molecule has 3 heteroatoms. The van der Waals surface area contributed by atoms with Crippen molar-refractivity contribution in [1.29, 1.82) is 0 Å². The van der Waals surface area contributed by atoms with Crippen LogP contribution in [0.5, 0.6) is 11.5 Å². The van der Waals surface area contributed by atoms with Gasteiger partial charge in [-0.25, -0.2) is 4.79 Å². The highest BCUT2D eigenvalue weighted by Gasteiger charge is 2.09. The standard InChI is InChI=1S/C27H30O3/c1-3-4-5-6-7-20-29-25-18-14-23(15-19-25)22-10-12-24(13-11-22)27(28)30-26-16-8-21(2)9-17-26/h8-19H,3-7,20H2,1-2H3. The van der Waals surface area contributed by atoms with Crippen LogP contribution in [0.2, 0.25) is 0 Å². The first-order chi connectivity index (χ1) is 14.7. The smallest absolute Gasteiger partial charge is 0.343 e. The van der Waals surface area contributed by atoms with Gasteiger partial charge in [-0.2, -0.15) is 0 Å². The molecule has 0 unspecified atom stereocenters. The van der Waals surface area contributed by atoms with Crippen LogP contribution >= 0.6 is 0 Å². The second-order valence-corrected chi connectivity index (χ2v) is 7.57. The molecule has 0 aliphatic carbocycles. The maximum atomic E-state index is 12.3. The van der Waals surface area contributed by atoms with E-state index in [0.29, 0.717) is 11.3 Å². The quantitative estimate of drug-likeness (QED) is 0.204. The second kappa shape index (κ2) is 11.2. The number of ether oxygens (including phenoxy) is 2. The van der Waals surface area contributed by atoms with E-state index in [2.05, 4.69) is 6.92 Å². The zero-order chi connectivity index (χ0) is 21.2. The molecule has 0 aliphatic rings. The summed E-state index contributed by atoms with van der Waals surface area (Å²) in [6, 6.07) is 23.0.